The Morgan fingerprint density at radius 3 is 2.38 bits per heavy atom. The molecule has 2 rings (SSSR count). The molecule has 0 unspecified atom stereocenters. The molecule has 0 bridgehead atoms. The van der Waals surface area contributed by atoms with Crippen molar-refractivity contribution in [2.75, 3.05) is 16.8 Å². The lowest BCUT2D eigenvalue weighted by atomic mass is 10.1. The average molecular weight is 364 g/mol. The lowest BCUT2D eigenvalue weighted by Crippen LogP contribution is -2.37. The van der Waals surface area contributed by atoms with E-state index in [1.807, 2.05) is 19.1 Å². The van der Waals surface area contributed by atoms with E-state index in [1.54, 1.807) is 12.1 Å². The molecule has 0 atom stereocenters. The number of carbonyl (C=O) groups is 2. The number of aryl methyl sites for hydroxylation is 1. The molecule has 2 aromatic rings. The van der Waals surface area contributed by atoms with Gasteiger partial charge in [-0.2, -0.15) is 13.2 Å². The molecule has 2 aromatic carbocycles. The highest BCUT2D eigenvalue weighted by atomic mass is 19.4. The van der Waals surface area contributed by atoms with Crippen molar-refractivity contribution in [1.29, 1.82) is 0 Å². The van der Waals surface area contributed by atoms with Gasteiger partial charge in [0.15, 0.2) is 0 Å². The third-order valence-corrected chi connectivity index (χ3v) is 3.82. The number of alkyl halides is 3. The quantitative estimate of drug-likeness (QED) is 0.862. The fourth-order valence-electron chi connectivity index (χ4n) is 2.56. The number of hydrogen-bond acceptors (Lipinski definition) is 2. The molecule has 2 amide bonds. The van der Waals surface area contributed by atoms with E-state index in [-0.39, 0.29) is 18.1 Å². The van der Waals surface area contributed by atoms with Crippen LogP contribution in [0.15, 0.2) is 48.5 Å². The fourth-order valence-corrected chi connectivity index (χ4v) is 2.56. The van der Waals surface area contributed by atoms with Crippen LogP contribution in [0.5, 0.6) is 0 Å². The van der Waals surface area contributed by atoms with E-state index in [0.29, 0.717) is 12.1 Å². The molecule has 0 saturated heterocycles. The summed E-state index contributed by atoms with van der Waals surface area (Å²) in [7, 11) is 0. The van der Waals surface area contributed by atoms with E-state index in [2.05, 4.69) is 5.32 Å². The maximum absolute atomic E-state index is 12.8. The van der Waals surface area contributed by atoms with Crippen LogP contribution in [0, 0.1) is 0 Å². The van der Waals surface area contributed by atoms with E-state index < -0.39 is 17.6 Å². The zero-order chi connectivity index (χ0) is 19.3. The molecule has 0 aliphatic rings. The van der Waals surface area contributed by atoms with Gasteiger partial charge in [0, 0.05) is 18.3 Å². The number of hydrogen-bond donors (Lipinski definition) is 1. The monoisotopic (exact) mass is 364 g/mol. The maximum atomic E-state index is 12.8. The molecule has 0 aliphatic heterocycles. The van der Waals surface area contributed by atoms with Gasteiger partial charge in [-0.1, -0.05) is 31.2 Å². The predicted molar refractivity (Wildman–Crippen MR) is 93.9 cm³/mol. The van der Waals surface area contributed by atoms with Crippen LogP contribution in [0.2, 0.25) is 0 Å². The Morgan fingerprint density at radius 2 is 1.77 bits per heavy atom. The number of para-hydroxylation sites is 1. The minimum Gasteiger partial charge on any atom is -0.325 e. The van der Waals surface area contributed by atoms with Crippen molar-refractivity contribution >= 4 is 23.2 Å². The average Bonchev–Trinajstić information content (AvgIpc) is 2.59. The second-order valence-electron chi connectivity index (χ2n) is 5.71. The van der Waals surface area contributed by atoms with Crippen molar-refractivity contribution in [1.82, 2.24) is 0 Å². The summed E-state index contributed by atoms with van der Waals surface area (Å²) < 4.78 is 38.3. The van der Waals surface area contributed by atoms with Gasteiger partial charge in [-0.05, 0) is 36.2 Å². The smallest absolute Gasteiger partial charge is 0.325 e. The summed E-state index contributed by atoms with van der Waals surface area (Å²) in [6, 6.07) is 11.6. The Morgan fingerprint density at radius 1 is 1.08 bits per heavy atom. The molecule has 0 spiro atoms. The molecule has 0 fully saturated rings. The van der Waals surface area contributed by atoms with Crippen LogP contribution in [-0.4, -0.2) is 18.4 Å². The number of carbonyl (C=O) groups excluding carboxylic acids is 2. The van der Waals surface area contributed by atoms with Crippen molar-refractivity contribution in [2.45, 2.75) is 26.4 Å². The molecule has 7 heteroatoms. The number of halogens is 3. The second kappa shape index (κ2) is 8.03. The topological polar surface area (TPSA) is 49.4 Å². The van der Waals surface area contributed by atoms with Crippen molar-refractivity contribution < 1.29 is 22.8 Å². The molecule has 0 saturated carbocycles. The minimum absolute atomic E-state index is 0.0251. The number of anilines is 2. The number of benzene rings is 2. The van der Waals surface area contributed by atoms with Crippen LogP contribution in [0.3, 0.4) is 0 Å². The molecule has 1 N–H and O–H groups in total. The van der Waals surface area contributed by atoms with Crippen LogP contribution < -0.4 is 10.2 Å². The van der Waals surface area contributed by atoms with Gasteiger partial charge in [-0.3, -0.25) is 9.59 Å². The van der Waals surface area contributed by atoms with Gasteiger partial charge in [0.25, 0.3) is 0 Å². The van der Waals surface area contributed by atoms with Crippen molar-refractivity contribution in [3.8, 4) is 0 Å². The van der Waals surface area contributed by atoms with Gasteiger partial charge in [0.05, 0.1) is 5.56 Å². The number of amides is 2. The molecule has 0 aromatic heterocycles. The lowest BCUT2D eigenvalue weighted by Gasteiger charge is -2.23. The lowest BCUT2D eigenvalue weighted by molar-refractivity contribution is -0.137. The highest BCUT2D eigenvalue weighted by Gasteiger charge is 2.30. The van der Waals surface area contributed by atoms with Crippen molar-refractivity contribution in [3.63, 3.8) is 0 Å². The Bertz CT molecular complexity index is 803. The molecule has 0 radical (unpaired) electrons. The van der Waals surface area contributed by atoms with Crippen molar-refractivity contribution in [2.24, 2.45) is 0 Å². The van der Waals surface area contributed by atoms with E-state index >= 15 is 0 Å². The summed E-state index contributed by atoms with van der Waals surface area (Å²) in [4.78, 5) is 25.6. The summed E-state index contributed by atoms with van der Waals surface area (Å²) in [5.74, 6) is -0.907. The highest BCUT2D eigenvalue weighted by Crippen LogP contribution is 2.30. The number of nitrogens with one attached hydrogen (secondary N) is 1. The van der Waals surface area contributed by atoms with E-state index in [0.717, 1.165) is 17.7 Å². The Hall–Kier alpha value is -2.83. The third-order valence-electron chi connectivity index (χ3n) is 3.82. The van der Waals surface area contributed by atoms with Crippen LogP contribution >= 0.6 is 0 Å². The maximum Gasteiger partial charge on any atom is 0.416 e. The van der Waals surface area contributed by atoms with Gasteiger partial charge in [-0.25, -0.2) is 0 Å². The predicted octanol–water partition coefficient (Wildman–Crippen LogP) is 4.26. The molecular weight excluding hydrogens is 345 g/mol. The Kier molecular flexibility index (Phi) is 6.02. The molecule has 138 valence electrons. The van der Waals surface area contributed by atoms with Crippen molar-refractivity contribution in [3.05, 3.63) is 59.7 Å². The summed E-state index contributed by atoms with van der Waals surface area (Å²) in [5.41, 5.74) is 0.684. The van der Waals surface area contributed by atoms with E-state index in [4.69, 9.17) is 0 Å². The van der Waals surface area contributed by atoms with Gasteiger partial charge in [0.1, 0.15) is 6.54 Å². The molecule has 4 nitrogen and oxygen atoms in total. The first-order valence-corrected chi connectivity index (χ1v) is 8.05. The van der Waals surface area contributed by atoms with Gasteiger partial charge >= 0.3 is 6.18 Å². The first kappa shape index (κ1) is 19.5. The SMILES string of the molecule is CCc1ccccc1N(CC(=O)Nc1cccc(C(F)(F)F)c1)C(C)=O. The standard InChI is InChI=1S/C19H19F3N2O2/c1-3-14-7-4-5-10-17(14)24(13(2)25)12-18(26)23-16-9-6-8-15(11-16)19(20,21)22/h4-11H,3,12H2,1-2H3,(H,23,26). The molecular formula is C19H19F3N2O2. The van der Waals surface area contributed by atoms with Crippen LogP contribution in [0.25, 0.3) is 0 Å². The highest BCUT2D eigenvalue weighted by molar-refractivity contribution is 6.02. The zero-order valence-corrected chi connectivity index (χ0v) is 14.4. The van der Waals surface area contributed by atoms with Gasteiger partial charge in [-0.15, -0.1) is 0 Å². The fraction of sp³-hybridized carbons (Fsp3) is 0.263. The summed E-state index contributed by atoms with van der Waals surface area (Å²) in [6.45, 7) is 2.98. The van der Waals surface area contributed by atoms with Gasteiger partial charge in [0.2, 0.25) is 11.8 Å². The Balaban J connectivity index is 2.18. The molecule has 26 heavy (non-hydrogen) atoms. The minimum atomic E-state index is -4.49. The number of nitrogens with zero attached hydrogens (tertiary/aromatic N) is 1. The van der Waals surface area contributed by atoms with Gasteiger partial charge < -0.3 is 10.2 Å². The summed E-state index contributed by atoms with van der Waals surface area (Å²) >= 11 is 0. The van der Waals surface area contributed by atoms with Crippen LogP contribution in [-0.2, 0) is 22.2 Å². The first-order chi connectivity index (χ1) is 12.2. The largest absolute Gasteiger partial charge is 0.416 e. The Labute approximate surface area is 149 Å². The third kappa shape index (κ3) is 4.84. The zero-order valence-electron chi connectivity index (χ0n) is 14.4. The van der Waals surface area contributed by atoms with E-state index in [9.17, 15) is 22.8 Å². The normalized spacial score (nSPS) is 11.1. The van der Waals surface area contributed by atoms with E-state index in [1.165, 1.54) is 24.0 Å². The summed E-state index contributed by atoms with van der Waals surface area (Å²) in [6.07, 6.45) is -3.82. The first-order valence-electron chi connectivity index (χ1n) is 8.05. The molecule has 0 aliphatic carbocycles. The molecule has 0 heterocycles. The number of rotatable bonds is 5. The summed E-state index contributed by atoms with van der Waals surface area (Å²) in [5, 5.41) is 2.41. The van der Waals surface area contributed by atoms with Crippen LogP contribution in [0.1, 0.15) is 25.0 Å². The van der Waals surface area contributed by atoms with Crippen LogP contribution in [0.4, 0.5) is 24.5 Å². The second-order valence-corrected chi connectivity index (χ2v) is 5.71.